The Morgan fingerprint density at radius 1 is 0.614 bits per heavy atom. The van der Waals surface area contributed by atoms with Crippen molar-refractivity contribution in [1.29, 1.82) is 0 Å². The summed E-state index contributed by atoms with van der Waals surface area (Å²) < 4.78 is 75.1. The standard InChI is InChI=1S/2C17H18F3NO/c2*1-2-13(22)7-14-15-9-21(10-16(14)15)8-11-3-5-12(6-4-11)17(18,19)20/h2*2-6,14-16H,1,7-10H2/t14?,15-,16+;. The number of carbonyl (C=O) groups excluding carboxylic acids is 2. The van der Waals surface area contributed by atoms with Crippen LogP contribution in [-0.4, -0.2) is 47.5 Å². The third-order valence-corrected chi connectivity index (χ3v) is 9.60. The van der Waals surface area contributed by atoms with Gasteiger partial charge in [0.15, 0.2) is 11.6 Å². The summed E-state index contributed by atoms with van der Waals surface area (Å²) in [5, 5.41) is 0. The van der Waals surface area contributed by atoms with Gasteiger partial charge in [-0.15, -0.1) is 0 Å². The first-order valence-electron chi connectivity index (χ1n) is 14.8. The molecule has 5 atom stereocenters. The van der Waals surface area contributed by atoms with Crippen LogP contribution in [0.5, 0.6) is 0 Å². The highest BCUT2D eigenvalue weighted by Gasteiger charge is 2.56. The summed E-state index contributed by atoms with van der Waals surface area (Å²) in [6.45, 7) is 12.1. The molecule has 0 radical (unpaired) electrons. The largest absolute Gasteiger partial charge is 0.416 e. The fourth-order valence-electron chi connectivity index (χ4n) is 7.08. The monoisotopic (exact) mass is 618 g/mol. The van der Waals surface area contributed by atoms with Crippen molar-refractivity contribution in [2.75, 3.05) is 26.2 Å². The lowest BCUT2D eigenvalue weighted by atomic mass is 10.1. The first-order valence-corrected chi connectivity index (χ1v) is 14.8. The van der Waals surface area contributed by atoms with Gasteiger partial charge in [-0.1, -0.05) is 37.4 Å². The fraction of sp³-hybridized carbons (Fsp3) is 0.471. The average Bonchev–Trinajstić information content (AvgIpc) is 3.60. The third kappa shape index (κ3) is 7.69. The molecule has 0 N–H and O–H groups in total. The molecule has 2 aromatic rings. The predicted molar refractivity (Wildman–Crippen MR) is 154 cm³/mol. The number of alkyl halides is 6. The lowest BCUT2D eigenvalue weighted by Crippen LogP contribution is -2.24. The quantitative estimate of drug-likeness (QED) is 0.211. The minimum atomic E-state index is -4.28. The maximum absolute atomic E-state index is 12.5. The Morgan fingerprint density at radius 3 is 1.16 bits per heavy atom. The number of ketones is 2. The van der Waals surface area contributed by atoms with Crippen LogP contribution in [0.15, 0.2) is 73.8 Å². The normalized spacial score (nSPS) is 27.5. The van der Waals surface area contributed by atoms with Gasteiger partial charge < -0.3 is 0 Å². The zero-order valence-electron chi connectivity index (χ0n) is 24.3. The lowest BCUT2D eigenvalue weighted by molar-refractivity contribution is -0.138. The Balaban J connectivity index is 0.000000175. The van der Waals surface area contributed by atoms with Gasteiger partial charge in [-0.2, -0.15) is 26.3 Å². The predicted octanol–water partition coefficient (Wildman–Crippen LogP) is 7.06. The summed E-state index contributed by atoms with van der Waals surface area (Å²) in [6, 6.07) is 10.7. The van der Waals surface area contributed by atoms with Gasteiger partial charge in [0, 0.05) is 52.1 Å². The van der Waals surface area contributed by atoms with Crippen molar-refractivity contribution in [2.24, 2.45) is 35.5 Å². The summed E-state index contributed by atoms with van der Waals surface area (Å²) in [4.78, 5) is 27.2. The van der Waals surface area contributed by atoms with Gasteiger partial charge in [0.05, 0.1) is 11.1 Å². The molecule has 0 amide bonds. The number of likely N-dealkylation sites (tertiary alicyclic amines) is 2. The zero-order valence-corrected chi connectivity index (χ0v) is 24.3. The molecule has 2 aromatic carbocycles. The van der Waals surface area contributed by atoms with Crippen LogP contribution in [0.3, 0.4) is 0 Å². The summed E-state index contributed by atoms with van der Waals surface area (Å²) in [5.74, 6) is 3.44. The Morgan fingerprint density at radius 2 is 0.909 bits per heavy atom. The minimum Gasteiger partial charge on any atom is -0.298 e. The molecule has 0 bridgehead atoms. The van der Waals surface area contributed by atoms with Gasteiger partial charge in [0.25, 0.3) is 0 Å². The number of benzene rings is 2. The molecule has 2 saturated heterocycles. The number of fused-ring (bicyclic) bond motifs is 2. The molecule has 3 unspecified atom stereocenters. The molecule has 2 saturated carbocycles. The highest BCUT2D eigenvalue weighted by Crippen LogP contribution is 2.54. The van der Waals surface area contributed by atoms with E-state index in [4.69, 9.17) is 0 Å². The van der Waals surface area contributed by atoms with E-state index in [1.807, 2.05) is 0 Å². The van der Waals surface area contributed by atoms with Crippen LogP contribution in [0.2, 0.25) is 0 Å². The van der Waals surface area contributed by atoms with E-state index in [1.54, 1.807) is 24.3 Å². The van der Waals surface area contributed by atoms with Gasteiger partial charge in [-0.3, -0.25) is 19.4 Å². The number of carbonyl (C=O) groups is 2. The number of piperidine rings is 2. The Labute approximate surface area is 253 Å². The number of halogens is 6. The van der Waals surface area contributed by atoms with Crippen molar-refractivity contribution in [3.05, 3.63) is 96.1 Å². The number of hydrogen-bond donors (Lipinski definition) is 0. The molecule has 2 aliphatic carbocycles. The number of rotatable bonds is 10. The van der Waals surface area contributed by atoms with Crippen LogP contribution >= 0.6 is 0 Å². The molecule has 0 aromatic heterocycles. The lowest BCUT2D eigenvalue weighted by Gasteiger charge is -2.19. The summed E-state index contributed by atoms with van der Waals surface area (Å²) in [5.41, 5.74) is 0.577. The molecular formula is C34H36F6N2O2. The first-order chi connectivity index (χ1) is 20.8. The highest BCUT2D eigenvalue weighted by atomic mass is 19.4. The summed E-state index contributed by atoms with van der Waals surface area (Å²) in [6.07, 6.45) is -4.61. The van der Waals surface area contributed by atoms with Gasteiger partial charge in [0.2, 0.25) is 0 Å². The molecule has 0 spiro atoms. The summed E-state index contributed by atoms with van der Waals surface area (Å²) in [7, 11) is 0. The minimum absolute atomic E-state index is 0.105. The van der Waals surface area contributed by atoms with Crippen LogP contribution in [0.4, 0.5) is 26.3 Å². The van der Waals surface area contributed by atoms with Crippen LogP contribution in [-0.2, 0) is 35.0 Å². The van der Waals surface area contributed by atoms with E-state index in [9.17, 15) is 35.9 Å². The average molecular weight is 619 g/mol. The molecule has 4 fully saturated rings. The van der Waals surface area contributed by atoms with Crippen molar-refractivity contribution in [3.63, 3.8) is 0 Å². The number of allylic oxidation sites excluding steroid dienone is 2. The maximum atomic E-state index is 12.5. The van der Waals surface area contributed by atoms with Crippen LogP contribution in [0.1, 0.15) is 35.1 Å². The van der Waals surface area contributed by atoms with Gasteiger partial charge in [-0.05, 0) is 83.1 Å². The van der Waals surface area contributed by atoms with Crippen molar-refractivity contribution >= 4 is 11.6 Å². The van der Waals surface area contributed by atoms with Crippen molar-refractivity contribution in [2.45, 2.75) is 38.3 Å². The molecule has 236 valence electrons. The van der Waals surface area contributed by atoms with Crippen LogP contribution < -0.4 is 0 Å². The smallest absolute Gasteiger partial charge is 0.298 e. The van der Waals surface area contributed by atoms with Crippen LogP contribution in [0.25, 0.3) is 0 Å². The number of nitrogens with zero attached hydrogens (tertiary/aromatic N) is 2. The second-order valence-corrected chi connectivity index (χ2v) is 12.5. The van der Waals surface area contributed by atoms with E-state index in [0.29, 0.717) is 61.4 Å². The van der Waals surface area contributed by atoms with E-state index in [1.165, 1.54) is 12.2 Å². The van der Waals surface area contributed by atoms with Crippen LogP contribution in [0, 0.1) is 35.5 Å². The second kappa shape index (κ2) is 12.6. The second-order valence-electron chi connectivity index (χ2n) is 12.5. The molecule has 4 aliphatic rings. The molecule has 10 heteroatoms. The van der Waals surface area contributed by atoms with E-state index in [0.717, 1.165) is 61.6 Å². The van der Waals surface area contributed by atoms with E-state index >= 15 is 0 Å². The van der Waals surface area contributed by atoms with E-state index in [2.05, 4.69) is 23.0 Å². The van der Waals surface area contributed by atoms with Gasteiger partial charge in [-0.25, -0.2) is 0 Å². The first kappa shape index (κ1) is 32.2. The Hall–Kier alpha value is -3.24. The van der Waals surface area contributed by atoms with E-state index < -0.39 is 23.5 Å². The maximum Gasteiger partial charge on any atom is 0.416 e. The SMILES string of the molecule is C=CC(=O)CC1C2CN(Cc3ccc(C(F)(F)F)cc3)CC12.C=CC(=O)CC1[C@H]2CN(Cc3ccc(C(F)(F)F)cc3)C[C@@H]12. The topological polar surface area (TPSA) is 40.6 Å². The number of hydrogen-bond acceptors (Lipinski definition) is 4. The fourth-order valence-corrected chi connectivity index (χ4v) is 7.08. The molecule has 2 aliphatic heterocycles. The van der Waals surface area contributed by atoms with Crippen molar-refractivity contribution in [3.8, 4) is 0 Å². The molecule has 2 heterocycles. The Kier molecular flexibility index (Phi) is 9.23. The van der Waals surface area contributed by atoms with Crippen molar-refractivity contribution in [1.82, 2.24) is 9.80 Å². The third-order valence-electron chi connectivity index (χ3n) is 9.60. The Bertz CT molecular complexity index is 1240. The molecule has 6 rings (SSSR count). The van der Waals surface area contributed by atoms with Crippen molar-refractivity contribution < 1.29 is 35.9 Å². The highest BCUT2D eigenvalue weighted by molar-refractivity contribution is 5.89. The van der Waals surface area contributed by atoms with Gasteiger partial charge in [0.1, 0.15) is 0 Å². The molecule has 44 heavy (non-hydrogen) atoms. The molecular weight excluding hydrogens is 582 g/mol. The van der Waals surface area contributed by atoms with Gasteiger partial charge >= 0.3 is 12.4 Å². The zero-order chi connectivity index (χ0) is 31.8. The molecule has 4 nitrogen and oxygen atoms in total. The van der Waals surface area contributed by atoms with E-state index in [-0.39, 0.29) is 11.6 Å². The summed E-state index contributed by atoms with van der Waals surface area (Å²) >= 11 is 0.